The molecule has 1 amide bonds. The van der Waals surface area contributed by atoms with Crippen molar-refractivity contribution in [1.82, 2.24) is 10.2 Å². The molecule has 0 saturated carbocycles. The maximum Gasteiger partial charge on any atom is 0.259 e. The van der Waals surface area contributed by atoms with Crippen LogP contribution in [-0.4, -0.2) is 16.1 Å². The van der Waals surface area contributed by atoms with Gasteiger partial charge in [0.2, 0.25) is 5.13 Å². The van der Waals surface area contributed by atoms with Crippen LogP contribution in [0.5, 0.6) is 0 Å². The van der Waals surface area contributed by atoms with Crippen molar-refractivity contribution >= 4 is 49.9 Å². The summed E-state index contributed by atoms with van der Waals surface area (Å²) < 4.78 is 0.824. The van der Waals surface area contributed by atoms with E-state index in [4.69, 9.17) is 11.6 Å². The molecule has 7 heteroatoms. The van der Waals surface area contributed by atoms with E-state index < -0.39 is 0 Å². The molecule has 0 atom stereocenters. The predicted molar refractivity (Wildman–Crippen MR) is 67.0 cm³/mol. The van der Waals surface area contributed by atoms with Crippen LogP contribution in [0.1, 0.15) is 10.4 Å². The number of nitrogens with one attached hydrogen (secondary N) is 1. The van der Waals surface area contributed by atoms with Crippen LogP contribution in [0.15, 0.2) is 28.2 Å². The summed E-state index contributed by atoms with van der Waals surface area (Å²) >= 11 is 10.5. The molecule has 2 rings (SSSR count). The second kappa shape index (κ2) is 4.90. The third-order valence-corrected chi connectivity index (χ3v) is 3.17. The van der Waals surface area contributed by atoms with Crippen LogP contribution in [0.2, 0.25) is 5.02 Å². The highest BCUT2D eigenvalue weighted by Crippen LogP contribution is 2.22. The highest BCUT2D eigenvalue weighted by atomic mass is 79.9. The van der Waals surface area contributed by atoms with Crippen LogP contribution in [0.4, 0.5) is 5.13 Å². The number of carbonyl (C=O) groups is 1. The third-order valence-electron chi connectivity index (χ3n) is 1.76. The first-order valence-electron chi connectivity index (χ1n) is 4.19. The van der Waals surface area contributed by atoms with Crippen molar-refractivity contribution in [2.75, 3.05) is 5.32 Å². The molecule has 0 saturated heterocycles. The number of rotatable bonds is 2. The molecule has 0 aliphatic heterocycles. The first kappa shape index (κ1) is 11.5. The summed E-state index contributed by atoms with van der Waals surface area (Å²) in [7, 11) is 0. The lowest BCUT2D eigenvalue weighted by Crippen LogP contribution is -2.12. The van der Waals surface area contributed by atoms with Gasteiger partial charge >= 0.3 is 0 Å². The Balaban J connectivity index is 2.21. The predicted octanol–water partition coefficient (Wildman–Crippen LogP) is 3.21. The Morgan fingerprint density at radius 2 is 2.31 bits per heavy atom. The monoisotopic (exact) mass is 317 g/mol. The van der Waals surface area contributed by atoms with Crippen LogP contribution < -0.4 is 5.32 Å². The normalized spacial score (nSPS) is 10.1. The van der Waals surface area contributed by atoms with E-state index >= 15 is 0 Å². The van der Waals surface area contributed by atoms with E-state index in [0.717, 1.165) is 4.47 Å². The number of halogens is 2. The van der Waals surface area contributed by atoms with Gasteiger partial charge in [0.1, 0.15) is 5.51 Å². The van der Waals surface area contributed by atoms with Crippen LogP contribution in [0.3, 0.4) is 0 Å². The van der Waals surface area contributed by atoms with E-state index in [0.29, 0.717) is 15.7 Å². The van der Waals surface area contributed by atoms with Crippen molar-refractivity contribution in [3.63, 3.8) is 0 Å². The summed E-state index contributed by atoms with van der Waals surface area (Å²) in [5.74, 6) is -0.297. The topological polar surface area (TPSA) is 54.9 Å². The fourth-order valence-corrected chi connectivity index (χ4v) is 2.26. The van der Waals surface area contributed by atoms with Crippen molar-refractivity contribution in [3.8, 4) is 0 Å². The lowest BCUT2D eigenvalue weighted by Gasteiger charge is -2.03. The first-order chi connectivity index (χ1) is 7.66. The number of aromatic nitrogens is 2. The molecule has 1 N–H and O–H groups in total. The van der Waals surface area contributed by atoms with Gasteiger partial charge in [0, 0.05) is 4.47 Å². The standard InChI is InChI=1S/C9H5BrClN3OS/c10-5-1-2-6(7(11)3-5)8(15)13-9-14-12-4-16-9/h1-4H,(H,13,14,15). The Bertz CT molecular complexity index is 517. The molecular formula is C9H5BrClN3OS. The number of benzene rings is 1. The Morgan fingerprint density at radius 1 is 1.50 bits per heavy atom. The lowest BCUT2D eigenvalue weighted by atomic mass is 10.2. The van der Waals surface area contributed by atoms with Crippen LogP contribution in [0, 0.1) is 0 Å². The van der Waals surface area contributed by atoms with Crippen LogP contribution in [-0.2, 0) is 0 Å². The highest BCUT2D eigenvalue weighted by molar-refractivity contribution is 9.10. The number of carbonyl (C=O) groups excluding carboxylic acids is 1. The minimum atomic E-state index is -0.297. The molecule has 0 unspecified atom stereocenters. The highest BCUT2D eigenvalue weighted by Gasteiger charge is 2.11. The third kappa shape index (κ3) is 2.58. The molecule has 16 heavy (non-hydrogen) atoms. The first-order valence-corrected chi connectivity index (χ1v) is 6.24. The van der Waals surface area contributed by atoms with Gasteiger partial charge in [-0.2, -0.15) is 0 Å². The average molecular weight is 319 g/mol. The molecule has 2 aromatic rings. The van der Waals surface area contributed by atoms with Crippen molar-refractivity contribution in [1.29, 1.82) is 0 Å². The molecule has 1 heterocycles. The van der Waals surface area contributed by atoms with E-state index in [-0.39, 0.29) is 5.91 Å². The number of amides is 1. The van der Waals surface area contributed by atoms with Crippen molar-refractivity contribution < 1.29 is 4.79 Å². The summed E-state index contributed by atoms with van der Waals surface area (Å²) in [6.45, 7) is 0. The van der Waals surface area contributed by atoms with Gasteiger partial charge in [-0.15, -0.1) is 10.2 Å². The smallest absolute Gasteiger partial charge is 0.259 e. The summed E-state index contributed by atoms with van der Waals surface area (Å²) in [6.07, 6.45) is 0. The molecule has 0 bridgehead atoms. The van der Waals surface area contributed by atoms with E-state index in [1.165, 1.54) is 11.3 Å². The summed E-state index contributed by atoms with van der Waals surface area (Å²) in [6, 6.07) is 5.06. The van der Waals surface area contributed by atoms with E-state index in [2.05, 4.69) is 31.4 Å². The number of hydrogen-bond donors (Lipinski definition) is 1. The number of anilines is 1. The van der Waals surface area contributed by atoms with Crippen LogP contribution >= 0.6 is 38.9 Å². The van der Waals surface area contributed by atoms with Gasteiger partial charge < -0.3 is 0 Å². The average Bonchev–Trinajstić information content (AvgIpc) is 2.70. The quantitative estimate of drug-likeness (QED) is 0.925. The van der Waals surface area contributed by atoms with Gasteiger partial charge in [0.05, 0.1) is 10.6 Å². The SMILES string of the molecule is O=C(Nc1nncs1)c1ccc(Br)cc1Cl. The van der Waals surface area contributed by atoms with Crippen molar-refractivity contribution in [3.05, 3.63) is 38.8 Å². The molecule has 1 aromatic carbocycles. The Morgan fingerprint density at radius 3 is 2.94 bits per heavy atom. The van der Waals surface area contributed by atoms with Crippen molar-refractivity contribution in [2.45, 2.75) is 0 Å². The number of nitrogens with zero attached hydrogens (tertiary/aromatic N) is 2. The largest absolute Gasteiger partial charge is 0.296 e. The lowest BCUT2D eigenvalue weighted by molar-refractivity contribution is 0.102. The fraction of sp³-hybridized carbons (Fsp3) is 0. The van der Waals surface area contributed by atoms with Gasteiger partial charge in [0.15, 0.2) is 0 Å². The van der Waals surface area contributed by atoms with Gasteiger partial charge in [-0.3, -0.25) is 10.1 Å². The molecule has 82 valence electrons. The molecule has 0 aliphatic carbocycles. The summed E-state index contributed by atoms with van der Waals surface area (Å²) in [5.41, 5.74) is 1.94. The van der Waals surface area contributed by atoms with Gasteiger partial charge in [-0.1, -0.05) is 38.9 Å². The molecule has 0 fully saturated rings. The van der Waals surface area contributed by atoms with Gasteiger partial charge in [-0.05, 0) is 18.2 Å². The zero-order valence-electron chi connectivity index (χ0n) is 7.78. The summed E-state index contributed by atoms with van der Waals surface area (Å²) in [4.78, 5) is 11.8. The molecule has 0 radical (unpaired) electrons. The second-order valence-electron chi connectivity index (χ2n) is 2.82. The maximum atomic E-state index is 11.8. The maximum absolute atomic E-state index is 11.8. The Hall–Kier alpha value is -0.980. The van der Waals surface area contributed by atoms with Crippen LogP contribution in [0.25, 0.3) is 0 Å². The summed E-state index contributed by atoms with van der Waals surface area (Å²) in [5, 5.41) is 10.8. The van der Waals surface area contributed by atoms with Crippen molar-refractivity contribution in [2.24, 2.45) is 0 Å². The number of hydrogen-bond acceptors (Lipinski definition) is 4. The molecule has 1 aromatic heterocycles. The second-order valence-corrected chi connectivity index (χ2v) is 4.98. The molecule has 0 aliphatic rings. The Labute approximate surface area is 109 Å². The molecule has 4 nitrogen and oxygen atoms in total. The van der Waals surface area contributed by atoms with Gasteiger partial charge in [0.25, 0.3) is 5.91 Å². The van der Waals surface area contributed by atoms with Gasteiger partial charge in [-0.25, -0.2) is 0 Å². The molecular weight excluding hydrogens is 314 g/mol. The minimum Gasteiger partial charge on any atom is -0.296 e. The van der Waals surface area contributed by atoms with E-state index in [9.17, 15) is 4.79 Å². The zero-order valence-corrected chi connectivity index (χ0v) is 10.9. The molecule has 0 spiro atoms. The van der Waals surface area contributed by atoms with E-state index in [1.807, 2.05) is 0 Å². The fourth-order valence-electron chi connectivity index (χ4n) is 1.07. The minimum absolute atomic E-state index is 0.297. The van der Waals surface area contributed by atoms with E-state index in [1.54, 1.807) is 23.7 Å². The zero-order chi connectivity index (χ0) is 11.5. The Kier molecular flexibility index (Phi) is 3.52.